The van der Waals surface area contributed by atoms with Gasteiger partial charge in [-0.25, -0.2) is 14.8 Å². The maximum Gasteiger partial charge on any atom is 0.324 e. The van der Waals surface area contributed by atoms with Crippen molar-refractivity contribution in [1.29, 1.82) is 0 Å². The highest BCUT2D eigenvalue weighted by atomic mass is 35.5. The van der Waals surface area contributed by atoms with Crippen molar-refractivity contribution in [3.05, 3.63) is 63.9 Å². The summed E-state index contributed by atoms with van der Waals surface area (Å²) in [5.41, 5.74) is 1.05. The Balaban J connectivity index is 1.38. The minimum Gasteiger partial charge on any atom is -0.490 e. The van der Waals surface area contributed by atoms with Crippen molar-refractivity contribution in [2.24, 2.45) is 5.92 Å². The molecule has 0 bridgehead atoms. The van der Waals surface area contributed by atoms with Crippen LogP contribution in [0.5, 0.6) is 5.75 Å². The Morgan fingerprint density at radius 2 is 1.74 bits per heavy atom. The number of hydrogen-bond acceptors (Lipinski definition) is 6. The van der Waals surface area contributed by atoms with Crippen molar-refractivity contribution in [3.63, 3.8) is 0 Å². The molecule has 1 fully saturated rings. The molecule has 1 aromatic heterocycles. The SMILES string of the molecule is CC(Oc1cccc(Nc2cc(NC(=O)Nc3c(Cl)cc(Cl)cc3Cl)ncn2)c1)C1CCNCC1. The monoisotopic (exact) mass is 534 g/mol. The van der Waals surface area contributed by atoms with Crippen molar-refractivity contribution >= 4 is 63.8 Å². The van der Waals surface area contributed by atoms with Crippen molar-refractivity contribution in [3.8, 4) is 5.75 Å². The Labute approximate surface area is 218 Å². The van der Waals surface area contributed by atoms with Gasteiger partial charge < -0.3 is 20.7 Å². The van der Waals surface area contributed by atoms with Crippen molar-refractivity contribution in [1.82, 2.24) is 15.3 Å². The molecule has 8 nitrogen and oxygen atoms in total. The molecule has 3 aromatic rings. The van der Waals surface area contributed by atoms with Gasteiger partial charge in [-0.15, -0.1) is 0 Å². The summed E-state index contributed by atoms with van der Waals surface area (Å²) in [4.78, 5) is 20.8. The van der Waals surface area contributed by atoms with Crippen LogP contribution < -0.4 is 26.0 Å². The largest absolute Gasteiger partial charge is 0.490 e. The molecule has 1 aliphatic rings. The molecule has 0 spiro atoms. The molecule has 1 saturated heterocycles. The van der Waals surface area contributed by atoms with Crippen LogP contribution in [0.4, 0.5) is 27.8 Å². The van der Waals surface area contributed by atoms with Crippen molar-refractivity contribution in [2.75, 3.05) is 29.0 Å². The third-order valence-electron chi connectivity index (χ3n) is 5.63. The molecule has 4 rings (SSSR count). The summed E-state index contributed by atoms with van der Waals surface area (Å²) in [5.74, 6) is 2.10. The minimum absolute atomic E-state index is 0.128. The first-order valence-corrected chi connectivity index (χ1v) is 12.3. The Kier molecular flexibility index (Phi) is 8.51. The van der Waals surface area contributed by atoms with E-state index < -0.39 is 6.03 Å². The molecule has 0 radical (unpaired) electrons. The average Bonchev–Trinajstić information content (AvgIpc) is 2.82. The van der Waals surface area contributed by atoms with Crippen LogP contribution in [0.25, 0.3) is 0 Å². The number of nitrogens with zero attached hydrogens (tertiary/aromatic N) is 2. The molecule has 0 saturated carbocycles. The van der Waals surface area contributed by atoms with Gasteiger partial charge in [0.25, 0.3) is 0 Å². The number of benzene rings is 2. The average molecular weight is 536 g/mol. The summed E-state index contributed by atoms with van der Waals surface area (Å²) >= 11 is 18.2. The molecular formula is C24H25Cl3N6O2. The van der Waals surface area contributed by atoms with Gasteiger partial charge in [0.1, 0.15) is 23.7 Å². The summed E-state index contributed by atoms with van der Waals surface area (Å²) in [6.07, 6.45) is 3.70. The number of rotatable bonds is 7. The summed E-state index contributed by atoms with van der Waals surface area (Å²) < 4.78 is 6.20. The van der Waals surface area contributed by atoms with E-state index in [0.717, 1.165) is 37.4 Å². The quantitative estimate of drug-likeness (QED) is 0.272. The Bertz CT molecular complexity index is 1170. The smallest absolute Gasteiger partial charge is 0.324 e. The van der Waals surface area contributed by atoms with Gasteiger partial charge in [0.2, 0.25) is 0 Å². The zero-order chi connectivity index (χ0) is 24.8. The van der Waals surface area contributed by atoms with Gasteiger partial charge in [0.15, 0.2) is 0 Å². The number of urea groups is 1. The molecule has 2 aromatic carbocycles. The molecule has 1 atom stereocenters. The van der Waals surface area contributed by atoms with E-state index >= 15 is 0 Å². The van der Waals surface area contributed by atoms with E-state index in [1.54, 1.807) is 6.07 Å². The highest BCUT2D eigenvalue weighted by molar-refractivity contribution is 6.42. The lowest BCUT2D eigenvalue weighted by molar-refractivity contribution is 0.128. The normalized spacial score (nSPS) is 14.7. The second-order valence-electron chi connectivity index (χ2n) is 8.18. The molecule has 0 aliphatic carbocycles. The minimum atomic E-state index is -0.567. The lowest BCUT2D eigenvalue weighted by atomic mass is 9.93. The topological polar surface area (TPSA) is 100 Å². The zero-order valence-electron chi connectivity index (χ0n) is 18.9. The molecule has 184 valence electrons. The standard InChI is InChI=1S/C24H25Cl3N6O2/c1-14(15-5-7-28-8-6-15)35-18-4-2-3-17(11-18)31-21-12-22(30-13-29-21)32-24(34)33-23-19(26)9-16(25)10-20(23)27/h2-4,9-15,28H,5-8H2,1H3,(H3,29,30,31,32,33,34). The summed E-state index contributed by atoms with van der Waals surface area (Å²) in [6.45, 7) is 4.18. The highest BCUT2D eigenvalue weighted by Crippen LogP contribution is 2.33. The van der Waals surface area contributed by atoms with Crippen LogP contribution in [0, 0.1) is 5.92 Å². The summed E-state index contributed by atoms with van der Waals surface area (Å²) in [7, 11) is 0. The van der Waals surface area contributed by atoms with Crippen molar-refractivity contribution in [2.45, 2.75) is 25.9 Å². The number of carbonyl (C=O) groups excluding carboxylic acids is 1. The Morgan fingerprint density at radius 3 is 2.49 bits per heavy atom. The molecule has 35 heavy (non-hydrogen) atoms. The predicted molar refractivity (Wildman–Crippen MR) is 142 cm³/mol. The maximum absolute atomic E-state index is 12.4. The summed E-state index contributed by atoms with van der Waals surface area (Å²) in [6, 6.07) is 11.7. The fraction of sp³-hybridized carbons (Fsp3) is 0.292. The molecular weight excluding hydrogens is 511 g/mol. The second-order valence-corrected chi connectivity index (χ2v) is 9.43. The number of anilines is 4. The molecule has 2 heterocycles. The lowest BCUT2D eigenvalue weighted by Crippen LogP contribution is -2.35. The molecule has 2 amide bonds. The number of ether oxygens (including phenoxy) is 1. The molecule has 4 N–H and O–H groups in total. The third kappa shape index (κ3) is 7.11. The lowest BCUT2D eigenvalue weighted by Gasteiger charge is -2.28. The van der Waals surface area contributed by atoms with Gasteiger partial charge in [-0.2, -0.15) is 0 Å². The zero-order valence-corrected chi connectivity index (χ0v) is 21.2. The van der Waals surface area contributed by atoms with Gasteiger partial charge in [-0.1, -0.05) is 40.9 Å². The van der Waals surface area contributed by atoms with Crippen LogP contribution in [0.15, 0.2) is 48.8 Å². The van der Waals surface area contributed by atoms with Gasteiger partial charge in [-0.3, -0.25) is 5.32 Å². The fourth-order valence-electron chi connectivity index (χ4n) is 3.84. The highest BCUT2D eigenvalue weighted by Gasteiger charge is 2.21. The van der Waals surface area contributed by atoms with Crippen LogP contribution in [-0.2, 0) is 0 Å². The van der Waals surface area contributed by atoms with Crippen LogP contribution in [0.2, 0.25) is 15.1 Å². The van der Waals surface area contributed by atoms with Gasteiger partial charge in [-0.05, 0) is 63.0 Å². The number of halogens is 3. The number of hydrogen-bond donors (Lipinski definition) is 4. The third-order valence-corrected chi connectivity index (χ3v) is 6.44. The first-order valence-electron chi connectivity index (χ1n) is 11.2. The number of aromatic nitrogens is 2. The van der Waals surface area contributed by atoms with Crippen LogP contribution >= 0.6 is 34.8 Å². The van der Waals surface area contributed by atoms with Crippen LogP contribution in [0.1, 0.15) is 19.8 Å². The Hall–Kier alpha value is -2.78. The van der Waals surface area contributed by atoms with Gasteiger partial charge in [0.05, 0.1) is 21.8 Å². The Morgan fingerprint density at radius 1 is 1.03 bits per heavy atom. The van der Waals surface area contributed by atoms with E-state index in [4.69, 9.17) is 39.5 Å². The van der Waals surface area contributed by atoms with Gasteiger partial charge >= 0.3 is 6.03 Å². The molecule has 11 heteroatoms. The van der Waals surface area contributed by atoms with Crippen molar-refractivity contribution < 1.29 is 9.53 Å². The number of piperidine rings is 1. The first-order chi connectivity index (χ1) is 16.9. The number of carbonyl (C=O) groups is 1. The van der Waals surface area contributed by atoms with E-state index in [-0.39, 0.29) is 27.7 Å². The maximum atomic E-state index is 12.4. The molecule has 1 aliphatic heterocycles. The van der Waals surface area contributed by atoms with E-state index in [2.05, 4.69) is 38.2 Å². The summed E-state index contributed by atoms with van der Waals surface area (Å²) in [5, 5.41) is 12.6. The van der Waals surface area contributed by atoms with E-state index in [0.29, 0.717) is 16.8 Å². The van der Waals surface area contributed by atoms with Crippen LogP contribution in [0.3, 0.4) is 0 Å². The van der Waals surface area contributed by atoms with Crippen LogP contribution in [-0.4, -0.2) is 35.2 Å². The predicted octanol–water partition coefficient (Wildman–Crippen LogP) is 6.59. The second kappa shape index (κ2) is 11.8. The first kappa shape index (κ1) is 25.3. The molecule has 1 unspecified atom stereocenters. The fourth-order valence-corrected chi connectivity index (χ4v) is 4.75. The van der Waals surface area contributed by atoms with E-state index in [1.165, 1.54) is 18.5 Å². The number of nitrogens with one attached hydrogen (secondary N) is 4. The number of amides is 2. The van der Waals surface area contributed by atoms with E-state index in [1.807, 2.05) is 24.3 Å². The van der Waals surface area contributed by atoms with Gasteiger partial charge in [0, 0.05) is 22.8 Å². The van der Waals surface area contributed by atoms with E-state index in [9.17, 15) is 4.79 Å².